The molecule has 2 heterocycles. The quantitative estimate of drug-likeness (QED) is 0.165. The molecule has 0 spiro atoms. The molecule has 0 amide bonds. The second kappa shape index (κ2) is 13.4. The van der Waals surface area contributed by atoms with Gasteiger partial charge in [-0.3, -0.25) is 9.98 Å². The van der Waals surface area contributed by atoms with Gasteiger partial charge in [0.15, 0.2) is 0 Å². The van der Waals surface area contributed by atoms with Crippen LogP contribution in [-0.4, -0.2) is 17.2 Å². The lowest BCUT2D eigenvalue weighted by Crippen LogP contribution is -2.22. The van der Waals surface area contributed by atoms with Crippen molar-refractivity contribution in [3.8, 4) is 33.5 Å². The van der Waals surface area contributed by atoms with E-state index in [1.165, 1.54) is 66.1 Å². The molecular weight excluding hydrogens is 605 g/mol. The molecule has 0 radical (unpaired) electrons. The number of benzene rings is 5. The summed E-state index contributed by atoms with van der Waals surface area (Å²) in [5, 5.41) is 5.18. The van der Waals surface area contributed by atoms with Crippen LogP contribution in [0.5, 0.6) is 0 Å². The number of nitrogens with zero attached hydrogens (tertiary/aromatic N) is 2. The van der Waals surface area contributed by atoms with Gasteiger partial charge in [-0.25, -0.2) is 0 Å². The fourth-order valence-corrected chi connectivity index (χ4v) is 8.12. The molecule has 0 N–H and O–H groups in total. The van der Waals surface area contributed by atoms with E-state index in [4.69, 9.17) is 4.99 Å². The van der Waals surface area contributed by atoms with Gasteiger partial charge in [0.1, 0.15) is 0 Å². The highest BCUT2D eigenvalue weighted by molar-refractivity contribution is 6.16. The fraction of sp³-hybridized carbons (Fsp3) is 0.167. The summed E-state index contributed by atoms with van der Waals surface area (Å²) in [5.41, 5.74) is 12.3. The molecular formula is C48H42N2. The Morgan fingerprint density at radius 1 is 0.680 bits per heavy atom. The van der Waals surface area contributed by atoms with Crippen LogP contribution in [0.1, 0.15) is 43.4 Å². The maximum atomic E-state index is 4.86. The van der Waals surface area contributed by atoms with E-state index in [-0.39, 0.29) is 12.0 Å². The summed E-state index contributed by atoms with van der Waals surface area (Å²) in [5.74, 6) is 0.932. The molecule has 1 aromatic heterocycles. The second-order valence-electron chi connectivity index (χ2n) is 13.8. The molecule has 4 atom stereocenters. The van der Waals surface area contributed by atoms with Crippen molar-refractivity contribution in [2.45, 2.75) is 39.7 Å². The topological polar surface area (TPSA) is 25.2 Å². The number of aliphatic imine (C=N–C) groups is 1. The van der Waals surface area contributed by atoms with E-state index in [0.29, 0.717) is 11.8 Å². The Balaban J connectivity index is 1.36. The van der Waals surface area contributed by atoms with Crippen molar-refractivity contribution in [3.63, 3.8) is 0 Å². The minimum Gasteiger partial charge on any atom is -0.285 e. The highest BCUT2D eigenvalue weighted by Gasteiger charge is 2.28. The average Bonchev–Trinajstić information content (AvgIpc) is 3.15. The minimum absolute atomic E-state index is 0.174. The van der Waals surface area contributed by atoms with Crippen LogP contribution in [0.3, 0.4) is 0 Å². The van der Waals surface area contributed by atoms with Crippen LogP contribution >= 0.6 is 0 Å². The Labute approximate surface area is 296 Å². The van der Waals surface area contributed by atoms with Crippen molar-refractivity contribution in [1.82, 2.24) is 4.98 Å². The predicted molar refractivity (Wildman–Crippen MR) is 215 cm³/mol. The number of dihydropyridines is 1. The van der Waals surface area contributed by atoms with E-state index in [0.717, 1.165) is 11.3 Å². The van der Waals surface area contributed by atoms with Crippen LogP contribution in [-0.2, 0) is 0 Å². The van der Waals surface area contributed by atoms with E-state index in [2.05, 4.69) is 166 Å². The van der Waals surface area contributed by atoms with Crippen LogP contribution in [0.4, 0.5) is 0 Å². The largest absolute Gasteiger partial charge is 0.285 e. The molecule has 5 aromatic carbocycles. The molecule has 0 saturated heterocycles. The Hall–Kier alpha value is -5.60. The molecule has 0 fully saturated rings. The molecule has 2 aliphatic rings. The van der Waals surface area contributed by atoms with Gasteiger partial charge in [-0.15, -0.1) is 0 Å². The maximum absolute atomic E-state index is 4.86. The van der Waals surface area contributed by atoms with Gasteiger partial charge < -0.3 is 0 Å². The lowest BCUT2D eigenvalue weighted by atomic mass is 9.75. The molecule has 1 aliphatic carbocycles. The van der Waals surface area contributed by atoms with Crippen LogP contribution in [0.15, 0.2) is 156 Å². The number of hydrogen-bond donors (Lipinski definition) is 0. The number of hydrogen-bond acceptors (Lipinski definition) is 2. The highest BCUT2D eigenvalue weighted by Crippen LogP contribution is 2.47. The summed E-state index contributed by atoms with van der Waals surface area (Å²) < 4.78 is 0. The van der Waals surface area contributed by atoms with E-state index >= 15 is 0 Å². The van der Waals surface area contributed by atoms with Gasteiger partial charge >= 0.3 is 0 Å². The summed E-state index contributed by atoms with van der Waals surface area (Å²) in [6.45, 7) is 8.93. The first-order valence-corrected chi connectivity index (χ1v) is 17.8. The molecule has 0 bridgehead atoms. The van der Waals surface area contributed by atoms with Crippen molar-refractivity contribution in [2.24, 2.45) is 16.8 Å². The summed E-state index contributed by atoms with van der Waals surface area (Å²) in [7, 11) is 0. The number of aromatic nitrogens is 1. The lowest BCUT2D eigenvalue weighted by Gasteiger charge is -2.30. The number of pyridine rings is 1. The minimum atomic E-state index is 0.174. The zero-order valence-electron chi connectivity index (χ0n) is 29.2. The number of aryl methyl sites for hydroxylation is 1. The van der Waals surface area contributed by atoms with Crippen LogP contribution < -0.4 is 0 Å². The van der Waals surface area contributed by atoms with Crippen LogP contribution in [0.2, 0.25) is 0 Å². The zero-order valence-corrected chi connectivity index (χ0v) is 29.2. The molecule has 2 heteroatoms. The monoisotopic (exact) mass is 646 g/mol. The zero-order chi connectivity index (χ0) is 34.2. The molecule has 50 heavy (non-hydrogen) atoms. The smallest absolute Gasteiger partial charge is 0.0805 e. The number of fused-ring (bicyclic) bond motifs is 2. The Bertz CT molecular complexity index is 2370. The van der Waals surface area contributed by atoms with Gasteiger partial charge in [0, 0.05) is 29.8 Å². The third-order valence-corrected chi connectivity index (χ3v) is 10.6. The van der Waals surface area contributed by atoms with Gasteiger partial charge in [0.05, 0.1) is 11.7 Å². The molecule has 6 aromatic rings. The molecule has 4 unspecified atom stereocenters. The van der Waals surface area contributed by atoms with Gasteiger partial charge in [0.25, 0.3) is 0 Å². The summed E-state index contributed by atoms with van der Waals surface area (Å²) in [6.07, 6.45) is 19.8. The normalized spacial score (nSPS) is 20.2. The van der Waals surface area contributed by atoms with Crippen molar-refractivity contribution in [3.05, 3.63) is 168 Å². The Morgan fingerprint density at radius 3 is 2.20 bits per heavy atom. The molecule has 8 rings (SSSR count). The van der Waals surface area contributed by atoms with Crippen molar-refractivity contribution in [1.29, 1.82) is 0 Å². The third-order valence-electron chi connectivity index (χ3n) is 10.6. The summed E-state index contributed by atoms with van der Waals surface area (Å²) >= 11 is 0. The van der Waals surface area contributed by atoms with Crippen LogP contribution in [0, 0.1) is 18.8 Å². The molecule has 2 nitrogen and oxygen atoms in total. The summed E-state index contributed by atoms with van der Waals surface area (Å²) in [4.78, 5) is 9.47. The first-order chi connectivity index (χ1) is 24.5. The standard InChI is InChI=1S/C48H42N2/c1-5-12-38-31(2)13-10-17-40(38)36-23-26-43-44(30-36)46(35-21-19-34(20-22-35)45-18-8-9-27-49-45)41-15-6-7-16-42(41)47(43)39-25-24-37(29-33(39)4)48-32(3)14-11-28-50-48/h5-30,32-33,39,48H,1-4H3/b12-5-. The van der Waals surface area contributed by atoms with E-state index < -0.39 is 0 Å². The fourth-order valence-electron chi connectivity index (χ4n) is 8.12. The third kappa shape index (κ3) is 5.65. The van der Waals surface area contributed by atoms with E-state index in [9.17, 15) is 0 Å². The van der Waals surface area contributed by atoms with Crippen LogP contribution in [0.25, 0.3) is 61.1 Å². The van der Waals surface area contributed by atoms with Crippen molar-refractivity contribution in [2.75, 3.05) is 0 Å². The van der Waals surface area contributed by atoms with Gasteiger partial charge in [0.2, 0.25) is 0 Å². The number of rotatable bonds is 6. The molecule has 244 valence electrons. The predicted octanol–water partition coefficient (Wildman–Crippen LogP) is 12.6. The van der Waals surface area contributed by atoms with E-state index in [1.54, 1.807) is 0 Å². The lowest BCUT2D eigenvalue weighted by molar-refractivity contribution is 0.579. The Morgan fingerprint density at radius 2 is 1.44 bits per heavy atom. The van der Waals surface area contributed by atoms with Crippen molar-refractivity contribution < 1.29 is 0 Å². The molecule has 1 aliphatic heterocycles. The van der Waals surface area contributed by atoms with Gasteiger partial charge in [-0.2, -0.15) is 0 Å². The first kappa shape index (κ1) is 31.7. The second-order valence-corrected chi connectivity index (χ2v) is 13.8. The van der Waals surface area contributed by atoms with Gasteiger partial charge in [-0.05, 0) is 110 Å². The molecule has 0 saturated carbocycles. The average molecular weight is 647 g/mol. The summed E-state index contributed by atoms with van der Waals surface area (Å²) in [6, 6.07) is 38.0. The first-order valence-electron chi connectivity index (χ1n) is 17.8. The highest BCUT2D eigenvalue weighted by atomic mass is 14.8. The Kier molecular flexibility index (Phi) is 8.46. The van der Waals surface area contributed by atoms with Crippen molar-refractivity contribution >= 4 is 33.8 Å². The number of allylic oxidation sites excluding steroid dienone is 4. The van der Waals surface area contributed by atoms with Gasteiger partial charge in [-0.1, -0.05) is 135 Å². The van der Waals surface area contributed by atoms with E-state index in [1.807, 2.05) is 24.5 Å². The SMILES string of the molecule is C/C=C\c1c(C)cccc1-c1ccc2c(C3C=CC(C4N=CC=CC4C)=CC3C)c3ccccc3c(-c3ccc(-c4ccccn4)cc3)c2c1. The maximum Gasteiger partial charge on any atom is 0.0805 e.